The number of unbranched alkanes of at least 4 members (excludes halogenated alkanes) is 5. The highest BCUT2D eigenvalue weighted by molar-refractivity contribution is 5.15. The molecule has 92 valence electrons. The van der Waals surface area contributed by atoms with Crippen molar-refractivity contribution in [3.63, 3.8) is 0 Å². The average molecular weight is 220 g/mol. The maximum atomic E-state index is 3.79. The molecule has 0 bridgehead atoms. The van der Waals surface area contributed by atoms with E-state index >= 15 is 0 Å². The lowest BCUT2D eigenvalue weighted by atomic mass is 9.99. The second-order valence-corrected chi connectivity index (χ2v) is 5.34. The van der Waals surface area contributed by atoms with Gasteiger partial charge in [0.25, 0.3) is 0 Å². The highest BCUT2D eigenvalue weighted by Crippen LogP contribution is 2.28. The second kappa shape index (κ2) is 8.61. The quantitative estimate of drug-likeness (QED) is 0.330. The third kappa shape index (κ3) is 7.73. The fourth-order valence-electron chi connectivity index (χ4n) is 2.15. The topological polar surface area (TPSA) is 0 Å². The number of hydrogen-bond donors (Lipinski definition) is 0. The van der Waals surface area contributed by atoms with Crippen LogP contribution in [0.1, 0.15) is 71.1 Å². The van der Waals surface area contributed by atoms with E-state index in [2.05, 4.69) is 25.7 Å². The molecule has 0 aromatic carbocycles. The highest BCUT2D eigenvalue weighted by Gasteiger charge is 2.08. The van der Waals surface area contributed by atoms with Crippen molar-refractivity contribution in [3.05, 3.63) is 24.3 Å². The van der Waals surface area contributed by atoms with Crippen LogP contribution in [0.4, 0.5) is 0 Å². The van der Waals surface area contributed by atoms with Crippen molar-refractivity contribution in [2.24, 2.45) is 5.92 Å². The molecule has 0 aromatic rings. The van der Waals surface area contributed by atoms with Crippen LogP contribution in [0, 0.1) is 5.92 Å². The fourth-order valence-corrected chi connectivity index (χ4v) is 2.15. The molecule has 0 spiro atoms. The third-order valence-corrected chi connectivity index (χ3v) is 3.44. The van der Waals surface area contributed by atoms with Crippen molar-refractivity contribution >= 4 is 0 Å². The minimum absolute atomic E-state index is 0.845. The summed E-state index contributed by atoms with van der Waals surface area (Å²) in [7, 11) is 0. The Balaban J connectivity index is 1.76. The van der Waals surface area contributed by atoms with Gasteiger partial charge in [0, 0.05) is 0 Å². The first-order valence-electron chi connectivity index (χ1n) is 7.11. The van der Waals surface area contributed by atoms with Gasteiger partial charge in [-0.25, -0.2) is 0 Å². The van der Waals surface area contributed by atoms with Crippen LogP contribution in [0.5, 0.6) is 0 Å². The maximum Gasteiger partial charge on any atom is -0.0283 e. The second-order valence-electron chi connectivity index (χ2n) is 5.34. The van der Waals surface area contributed by atoms with Crippen LogP contribution in [0.25, 0.3) is 0 Å². The van der Waals surface area contributed by atoms with Crippen LogP contribution in [0.2, 0.25) is 0 Å². The van der Waals surface area contributed by atoms with Crippen molar-refractivity contribution in [2.75, 3.05) is 0 Å². The van der Waals surface area contributed by atoms with Crippen molar-refractivity contribution in [1.82, 2.24) is 0 Å². The van der Waals surface area contributed by atoms with Gasteiger partial charge in [0.1, 0.15) is 0 Å². The largest absolute Gasteiger partial charge is 0.103 e. The molecule has 1 aliphatic carbocycles. The molecule has 1 rings (SSSR count). The van der Waals surface area contributed by atoms with Gasteiger partial charge in [0.05, 0.1) is 0 Å². The smallest absolute Gasteiger partial charge is 0.0283 e. The number of rotatable bonds is 10. The summed E-state index contributed by atoms with van der Waals surface area (Å²) in [5.74, 6) is 0.845. The molecule has 0 saturated heterocycles. The van der Waals surface area contributed by atoms with Crippen molar-refractivity contribution in [2.45, 2.75) is 71.1 Å². The van der Waals surface area contributed by atoms with E-state index in [-0.39, 0.29) is 0 Å². The number of hydrogen-bond acceptors (Lipinski definition) is 0. The Morgan fingerprint density at radius 2 is 1.81 bits per heavy atom. The lowest BCUT2D eigenvalue weighted by Gasteiger charge is -2.07. The molecule has 0 amide bonds. The molecule has 1 fully saturated rings. The van der Waals surface area contributed by atoms with Gasteiger partial charge < -0.3 is 0 Å². The molecule has 16 heavy (non-hydrogen) atoms. The molecule has 0 heterocycles. The molecule has 0 nitrogen and oxygen atoms in total. The lowest BCUT2D eigenvalue weighted by molar-refractivity contribution is 0.488. The summed E-state index contributed by atoms with van der Waals surface area (Å²) < 4.78 is 0. The summed E-state index contributed by atoms with van der Waals surface area (Å²) in [5, 5.41) is 0. The van der Waals surface area contributed by atoms with E-state index in [0.29, 0.717) is 0 Å². The summed E-state index contributed by atoms with van der Waals surface area (Å²) in [5.41, 5.74) is 1.71. The SMILES string of the molecule is C=CCC(C)CCCCCCCC=C1CC1. The van der Waals surface area contributed by atoms with Gasteiger partial charge in [-0.2, -0.15) is 0 Å². The van der Waals surface area contributed by atoms with Gasteiger partial charge in [0.15, 0.2) is 0 Å². The van der Waals surface area contributed by atoms with Gasteiger partial charge in [0.2, 0.25) is 0 Å². The maximum absolute atomic E-state index is 3.79. The minimum Gasteiger partial charge on any atom is -0.103 e. The van der Waals surface area contributed by atoms with Crippen LogP contribution in [-0.2, 0) is 0 Å². The number of allylic oxidation sites excluding steroid dienone is 3. The molecular weight excluding hydrogens is 192 g/mol. The Hall–Kier alpha value is -0.520. The standard InChI is InChI=1S/C16H28/c1-3-10-15(2)11-8-6-4-5-7-9-12-16-13-14-16/h3,12,15H,1,4-11,13-14H2,2H3. The molecule has 1 unspecified atom stereocenters. The van der Waals surface area contributed by atoms with Crippen molar-refractivity contribution in [1.29, 1.82) is 0 Å². The predicted octanol–water partition coefficient (Wildman–Crippen LogP) is 5.65. The summed E-state index contributed by atoms with van der Waals surface area (Å²) in [6.07, 6.45) is 18.3. The summed E-state index contributed by atoms with van der Waals surface area (Å²) in [4.78, 5) is 0. The monoisotopic (exact) mass is 220 g/mol. The Bertz CT molecular complexity index is 206. The molecule has 1 atom stereocenters. The highest BCUT2D eigenvalue weighted by atomic mass is 14.1. The molecule has 0 aromatic heterocycles. The lowest BCUT2D eigenvalue weighted by Crippen LogP contribution is -1.92. The van der Waals surface area contributed by atoms with Crippen molar-refractivity contribution < 1.29 is 0 Å². The molecule has 0 heteroatoms. The van der Waals surface area contributed by atoms with Gasteiger partial charge in [-0.15, -0.1) is 6.58 Å². The van der Waals surface area contributed by atoms with Crippen LogP contribution in [0.3, 0.4) is 0 Å². The average Bonchev–Trinajstić information content (AvgIpc) is 3.06. The van der Waals surface area contributed by atoms with Crippen LogP contribution < -0.4 is 0 Å². The Kier molecular flexibility index (Phi) is 7.29. The third-order valence-electron chi connectivity index (χ3n) is 3.44. The van der Waals surface area contributed by atoms with Gasteiger partial charge in [-0.3, -0.25) is 0 Å². The molecule has 0 N–H and O–H groups in total. The zero-order chi connectivity index (χ0) is 11.6. The van der Waals surface area contributed by atoms with Crippen LogP contribution in [0.15, 0.2) is 24.3 Å². The zero-order valence-electron chi connectivity index (χ0n) is 11.0. The van der Waals surface area contributed by atoms with E-state index in [1.54, 1.807) is 5.57 Å². The normalized spacial score (nSPS) is 15.9. The Morgan fingerprint density at radius 3 is 2.50 bits per heavy atom. The molecular formula is C16H28. The zero-order valence-corrected chi connectivity index (χ0v) is 11.0. The van der Waals surface area contributed by atoms with E-state index in [1.165, 1.54) is 64.2 Å². The predicted molar refractivity (Wildman–Crippen MR) is 73.6 cm³/mol. The summed E-state index contributed by atoms with van der Waals surface area (Å²) in [6.45, 7) is 6.13. The van der Waals surface area contributed by atoms with E-state index in [4.69, 9.17) is 0 Å². The van der Waals surface area contributed by atoms with Crippen LogP contribution >= 0.6 is 0 Å². The Labute approximate surface area is 102 Å². The minimum atomic E-state index is 0.845. The first-order chi connectivity index (χ1) is 7.83. The van der Waals surface area contributed by atoms with Gasteiger partial charge in [-0.1, -0.05) is 56.8 Å². The molecule has 0 aliphatic heterocycles. The van der Waals surface area contributed by atoms with E-state index in [0.717, 1.165) is 5.92 Å². The first kappa shape index (κ1) is 13.5. The fraction of sp³-hybridized carbons (Fsp3) is 0.750. The summed E-state index contributed by atoms with van der Waals surface area (Å²) >= 11 is 0. The van der Waals surface area contributed by atoms with Crippen LogP contribution in [-0.4, -0.2) is 0 Å². The van der Waals surface area contributed by atoms with E-state index in [9.17, 15) is 0 Å². The Morgan fingerprint density at radius 1 is 1.12 bits per heavy atom. The van der Waals surface area contributed by atoms with Gasteiger partial charge >= 0.3 is 0 Å². The molecule has 0 radical (unpaired) electrons. The molecule has 1 saturated carbocycles. The summed E-state index contributed by atoms with van der Waals surface area (Å²) in [6, 6.07) is 0. The molecule has 1 aliphatic rings. The first-order valence-corrected chi connectivity index (χ1v) is 7.11. The van der Waals surface area contributed by atoms with E-state index in [1.807, 2.05) is 0 Å². The van der Waals surface area contributed by atoms with Gasteiger partial charge in [-0.05, 0) is 38.0 Å². The van der Waals surface area contributed by atoms with E-state index < -0.39 is 0 Å². The van der Waals surface area contributed by atoms with Crippen molar-refractivity contribution in [3.8, 4) is 0 Å².